The summed E-state index contributed by atoms with van der Waals surface area (Å²) in [5.41, 5.74) is 3.67. The fourth-order valence-corrected chi connectivity index (χ4v) is 5.84. The molecule has 1 fully saturated rings. The van der Waals surface area contributed by atoms with Gasteiger partial charge in [0.15, 0.2) is 0 Å². The van der Waals surface area contributed by atoms with E-state index in [1.165, 1.54) is 11.1 Å². The molecule has 2 aromatic rings. The third-order valence-electron chi connectivity index (χ3n) is 5.66. The summed E-state index contributed by atoms with van der Waals surface area (Å²) in [5.74, 6) is 1.01. The minimum atomic E-state index is -3.39. The number of sulfonamides is 1. The van der Waals surface area contributed by atoms with Crippen molar-refractivity contribution in [2.24, 2.45) is 0 Å². The van der Waals surface area contributed by atoms with E-state index in [-0.39, 0.29) is 0 Å². The lowest BCUT2D eigenvalue weighted by atomic mass is 10.1. The van der Waals surface area contributed by atoms with Crippen LogP contribution >= 0.6 is 0 Å². The van der Waals surface area contributed by atoms with Crippen LogP contribution in [-0.2, 0) is 22.9 Å². The Morgan fingerprint density at radius 1 is 1.08 bits per heavy atom. The van der Waals surface area contributed by atoms with E-state index in [1.54, 1.807) is 10.4 Å². The predicted octanol–water partition coefficient (Wildman–Crippen LogP) is 3.01. The summed E-state index contributed by atoms with van der Waals surface area (Å²) in [5, 5.41) is 0. The lowest BCUT2D eigenvalue weighted by Gasteiger charge is -2.33. The fourth-order valence-electron chi connectivity index (χ4n) is 4.32. The number of imidazole rings is 1. The smallest absolute Gasteiger partial charge is 0.243 e. The number of aryl methyl sites for hydroxylation is 4. The van der Waals surface area contributed by atoms with Gasteiger partial charge in [-0.25, -0.2) is 13.4 Å². The van der Waals surface area contributed by atoms with Crippen molar-refractivity contribution in [3.8, 4) is 0 Å². The van der Waals surface area contributed by atoms with Crippen LogP contribution in [0.25, 0.3) is 0 Å². The summed E-state index contributed by atoms with van der Waals surface area (Å²) in [6, 6.07) is 6.03. The van der Waals surface area contributed by atoms with Gasteiger partial charge in [-0.3, -0.25) is 0 Å². The van der Waals surface area contributed by atoms with Crippen LogP contribution in [0.3, 0.4) is 0 Å². The SMILES string of the molecule is Cc1cnc(C)n1C1CCN(S(=O)(=O)c2ccc3c(c2)CCC3)CC1. The van der Waals surface area contributed by atoms with Crippen LogP contribution in [0.1, 0.15) is 47.9 Å². The molecule has 0 saturated carbocycles. The summed E-state index contributed by atoms with van der Waals surface area (Å²) in [4.78, 5) is 4.83. The quantitative estimate of drug-likeness (QED) is 0.846. The van der Waals surface area contributed by atoms with Gasteiger partial charge in [-0.15, -0.1) is 0 Å². The van der Waals surface area contributed by atoms with Gasteiger partial charge < -0.3 is 4.57 Å². The van der Waals surface area contributed by atoms with Crippen LogP contribution in [0.15, 0.2) is 29.3 Å². The minimum Gasteiger partial charge on any atom is -0.329 e. The second kappa shape index (κ2) is 6.25. The van der Waals surface area contributed by atoms with E-state index in [2.05, 4.69) is 16.5 Å². The van der Waals surface area contributed by atoms with Crippen molar-refractivity contribution in [2.75, 3.05) is 13.1 Å². The van der Waals surface area contributed by atoms with Crippen LogP contribution in [0.5, 0.6) is 0 Å². The molecule has 1 aliphatic heterocycles. The van der Waals surface area contributed by atoms with E-state index < -0.39 is 10.0 Å². The monoisotopic (exact) mass is 359 g/mol. The van der Waals surface area contributed by atoms with E-state index in [9.17, 15) is 8.42 Å². The molecule has 1 aromatic carbocycles. The molecule has 0 bridgehead atoms. The van der Waals surface area contributed by atoms with Gasteiger partial charge in [0, 0.05) is 31.0 Å². The molecule has 25 heavy (non-hydrogen) atoms. The molecule has 4 rings (SSSR count). The molecule has 1 aromatic heterocycles. The maximum Gasteiger partial charge on any atom is 0.243 e. The zero-order valence-electron chi connectivity index (χ0n) is 14.9. The average Bonchev–Trinajstić information content (AvgIpc) is 3.20. The number of hydrogen-bond acceptors (Lipinski definition) is 3. The maximum atomic E-state index is 13.0. The maximum absolute atomic E-state index is 13.0. The largest absolute Gasteiger partial charge is 0.329 e. The molecule has 2 heterocycles. The summed E-state index contributed by atoms with van der Waals surface area (Å²) in [6.45, 7) is 5.22. The van der Waals surface area contributed by atoms with Crippen molar-refractivity contribution in [3.05, 3.63) is 47.0 Å². The van der Waals surface area contributed by atoms with Gasteiger partial charge in [-0.05, 0) is 69.2 Å². The third-order valence-corrected chi connectivity index (χ3v) is 7.56. The lowest BCUT2D eigenvalue weighted by Crippen LogP contribution is -2.39. The van der Waals surface area contributed by atoms with Crippen LogP contribution in [0, 0.1) is 13.8 Å². The zero-order valence-corrected chi connectivity index (χ0v) is 15.7. The number of fused-ring (bicyclic) bond motifs is 1. The molecule has 2 aliphatic rings. The minimum absolute atomic E-state index is 0.342. The Labute approximate surface area is 149 Å². The van der Waals surface area contributed by atoms with E-state index in [0.29, 0.717) is 24.0 Å². The number of aromatic nitrogens is 2. The van der Waals surface area contributed by atoms with Gasteiger partial charge in [-0.2, -0.15) is 4.31 Å². The molecule has 0 N–H and O–H groups in total. The molecule has 5 nitrogen and oxygen atoms in total. The molecule has 1 saturated heterocycles. The number of nitrogens with zero attached hydrogens (tertiary/aromatic N) is 3. The van der Waals surface area contributed by atoms with Gasteiger partial charge in [0.25, 0.3) is 0 Å². The van der Waals surface area contributed by atoms with Gasteiger partial charge in [0.05, 0.1) is 4.90 Å². The number of piperidine rings is 1. The van der Waals surface area contributed by atoms with Crippen LogP contribution in [0.2, 0.25) is 0 Å². The van der Waals surface area contributed by atoms with Crippen LogP contribution in [-0.4, -0.2) is 35.4 Å². The first-order valence-electron chi connectivity index (χ1n) is 9.09. The third kappa shape index (κ3) is 2.91. The topological polar surface area (TPSA) is 55.2 Å². The highest BCUT2D eigenvalue weighted by molar-refractivity contribution is 7.89. The van der Waals surface area contributed by atoms with Gasteiger partial charge >= 0.3 is 0 Å². The molecule has 0 spiro atoms. The summed E-state index contributed by atoms with van der Waals surface area (Å²) >= 11 is 0. The number of rotatable bonds is 3. The Hall–Kier alpha value is -1.66. The van der Waals surface area contributed by atoms with E-state index in [0.717, 1.165) is 43.6 Å². The predicted molar refractivity (Wildman–Crippen MR) is 97.2 cm³/mol. The Bertz CT molecular complexity index is 874. The zero-order chi connectivity index (χ0) is 17.6. The van der Waals surface area contributed by atoms with Crippen LogP contribution < -0.4 is 0 Å². The lowest BCUT2D eigenvalue weighted by molar-refractivity contribution is 0.269. The van der Waals surface area contributed by atoms with Gasteiger partial charge in [0.1, 0.15) is 5.82 Å². The molecular formula is C19H25N3O2S. The van der Waals surface area contributed by atoms with Crippen molar-refractivity contribution < 1.29 is 8.42 Å². The molecule has 6 heteroatoms. The molecule has 0 atom stereocenters. The first kappa shape index (κ1) is 16.8. The second-order valence-corrected chi connectivity index (χ2v) is 9.17. The second-order valence-electron chi connectivity index (χ2n) is 7.24. The Balaban J connectivity index is 1.52. The van der Waals surface area contributed by atoms with Crippen molar-refractivity contribution in [1.82, 2.24) is 13.9 Å². The molecule has 1 aliphatic carbocycles. The summed E-state index contributed by atoms with van der Waals surface area (Å²) in [6.07, 6.45) is 6.77. The highest BCUT2D eigenvalue weighted by Crippen LogP contribution is 2.30. The van der Waals surface area contributed by atoms with E-state index >= 15 is 0 Å². The molecule has 0 unspecified atom stereocenters. The number of hydrogen-bond donors (Lipinski definition) is 0. The van der Waals surface area contributed by atoms with Crippen molar-refractivity contribution >= 4 is 10.0 Å². The molecule has 0 amide bonds. The van der Waals surface area contributed by atoms with Gasteiger partial charge in [0.2, 0.25) is 10.0 Å². The Morgan fingerprint density at radius 2 is 1.80 bits per heavy atom. The van der Waals surface area contributed by atoms with E-state index in [1.807, 2.05) is 25.3 Å². The molecule has 0 radical (unpaired) electrons. The number of benzene rings is 1. The highest BCUT2D eigenvalue weighted by Gasteiger charge is 2.31. The van der Waals surface area contributed by atoms with Crippen molar-refractivity contribution in [1.29, 1.82) is 0 Å². The standard InChI is InChI=1S/C19H25N3O2S/c1-14-13-20-15(2)22(14)18-8-10-21(11-9-18)25(23,24)19-7-6-16-4-3-5-17(16)12-19/h6-7,12-13,18H,3-5,8-11H2,1-2H3. The normalized spacial score (nSPS) is 19.3. The van der Waals surface area contributed by atoms with Gasteiger partial charge in [-0.1, -0.05) is 6.07 Å². The van der Waals surface area contributed by atoms with E-state index in [4.69, 9.17) is 0 Å². The fraction of sp³-hybridized carbons (Fsp3) is 0.526. The Kier molecular flexibility index (Phi) is 4.20. The summed E-state index contributed by atoms with van der Waals surface area (Å²) in [7, 11) is -3.39. The van der Waals surface area contributed by atoms with Crippen LogP contribution in [0.4, 0.5) is 0 Å². The highest BCUT2D eigenvalue weighted by atomic mass is 32.2. The molecular weight excluding hydrogens is 334 g/mol. The Morgan fingerprint density at radius 3 is 2.48 bits per heavy atom. The van der Waals surface area contributed by atoms with Crippen molar-refractivity contribution in [2.45, 2.75) is 56.9 Å². The first-order valence-corrected chi connectivity index (χ1v) is 10.5. The average molecular weight is 359 g/mol. The van der Waals surface area contributed by atoms with Crippen molar-refractivity contribution in [3.63, 3.8) is 0 Å². The molecule has 134 valence electrons. The summed E-state index contributed by atoms with van der Waals surface area (Å²) < 4.78 is 29.9. The first-order chi connectivity index (χ1) is 12.0.